The van der Waals surface area contributed by atoms with Crippen LogP contribution in [-0.4, -0.2) is 18.5 Å². The van der Waals surface area contributed by atoms with E-state index in [0.717, 1.165) is 37.1 Å². The van der Waals surface area contributed by atoms with Crippen LogP contribution < -0.4 is 10.6 Å². The van der Waals surface area contributed by atoms with Gasteiger partial charge in [-0.25, -0.2) is 0 Å². The standard InChI is InChI=1S/C17H26N2O/c1-12(2)8-9-13(3)19-17(20)15-10-11-18-16-7-5-4-6-14(15)16/h4-7,12-13,15,18H,8-11H2,1-3H3,(H,19,20). The zero-order valence-electron chi connectivity index (χ0n) is 12.8. The number of hydrogen-bond donors (Lipinski definition) is 2. The van der Waals surface area contributed by atoms with Gasteiger partial charge in [0.15, 0.2) is 0 Å². The van der Waals surface area contributed by atoms with Crippen LogP contribution in [0.15, 0.2) is 24.3 Å². The minimum atomic E-state index is -0.00560. The molecule has 0 saturated carbocycles. The second-order valence-corrected chi connectivity index (χ2v) is 6.24. The number of benzene rings is 1. The number of fused-ring (bicyclic) bond motifs is 1. The number of carbonyl (C=O) groups excluding carboxylic acids is 1. The molecule has 0 aromatic heterocycles. The maximum absolute atomic E-state index is 12.5. The van der Waals surface area contributed by atoms with E-state index in [1.807, 2.05) is 12.1 Å². The smallest absolute Gasteiger partial charge is 0.227 e. The molecule has 1 aliphatic rings. The zero-order chi connectivity index (χ0) is 14.5. The number of anilines is 1. The second-order valence-electron chi connectivity index (χ2n) is 6.24. The molecule has 110 valence electrons. The third-order valence-corrected chi connectivity index (χ3v) is 3.97. The lowest BCUT2D eigenvalue weighted by Gasteiger charge is -2.27. The predicted molar refractivity (Wildman–Crippen MR) is 84.0 cm³/mol. The van der Waals surface area contributed by atoms with Gasteiger partial charge in [0.05, 0.1) is 5.92 Å². The maximum atomic E-state index is 12.5. The SMILES string of the molecule is CC(C)CCC(C)NC(=O)C1CCNc2ccccc21. The van der Waals surface area contributed by atoms with Crippen molar-refractivity contribution < 1.29 is 4.79 Å². The van der Waals surface area contributed by atoms with E-state index in [2.05, 4.69) is 43.5 Å². The molecule has 2 rings (SSSR count). The molecular formula is C17H26N2O. The summed E-state index contributed by atoms with van der Waals surface area (Å²) in [6.45, 7) is 7.41. The van der Waals surface area contributed by atoms with Crippen molar-refractivity contribution in [2.45, 2.75) is 52.0 Å². The van der Waals surface area contributed by atoms with E-state index in [1.165, 1.54) is 0 Å². The molecule has 0 radical (unpaired) electrons. The second kappa shape index (κ2) is 6.78. The van der Waals surface area contributed by atoms with E-state index in [0.29, 0.717) is 5.92 Å². The minimum absolute atomic E-state index is 0.00560. The Morgan fingerprint density at radius 2 is 2.05 bits per heavy atom. The van der Waals surface area contributed by atoms with Crippen molar-refractivity contribution in [3.05, 3.63) is 29.8 Å². The van der Waals surface area contributed by atoms with Crippen molar-refractivity contribution >= 4 is 11.6 Å². The Kier molecular flexibility index (Phi) is 5.05. The first-order chi connectivity index (χ1) is 9.58. The lowest BCUT2D eigenvalue weighted by molar-refractivity contribution is -0.123. The number of hydrogen-bond acceptors (Lipinski definition) is 2. The normalized spacial score (nSPS) is 19.1. The highest BCUT2D eigenvalue weighted by Crippen LogP contribution is 2.31. The van der Waals surface area contributed by atoms with Crippen molar-refractivity contribution in [3.8, 4) is 0 Å². The third kappa shape index (κ3) is 3.75. The molecular weight excluding hydrogens is 248 g/mol. The van der Waals surface area contributed by atoms with Gasteiger partial charge in [-0.1, -0.05) is 32.0 Å². The van der Waals surface area contributed by atoms with Crippen LogP contribution in [0.1, 0.15) is 51.5 Å². The van der Waals surface area contributed by atoms with Gasteiger partial charge < -0.3 is 10.6 Å². The Hall–Kier alpha value is -1.51. The summed E-state index contributed by atoms with van der Waals surface area (Å²) in [7, 11) is 0. The highest BCUT2D eigenvalue weighted by Gasteiger charge is 2.26. The van der Waals surface area contributed by atoms with Crippen molar-refractivity contribution in [2.24, 2.45) is 5.92 Å². The molecule has 1 amide bonds. The summed E-state index contributed by atoms with van der Waals surface area (Å²) < 4.78 is 0. The van der Waals surface area contributed by atoms with Crippen LogP contribution in [0, 0.1) is 5.92 Å². The monoisotopic (exact) mass is 274 g/mol. The molecule has 1 aromatic carbocycles. The van der Waals surface area contributed by atoms with Gasteiger partial charge in [0.2, 0.25) is 5.91 Å². The zero-order valence-corrected chi connectivity index (χ0v) is 12.8. The largest absolute Gasteiger partial charge is 0.385 e. The quantitative estimate of drug-likeness (QED) is 0.862. The summed E-state index contributed by atoms with van der Waals surface area (Å²) in [6.07, 6.45) is 3.08. The average Bonchev–Trinajstić information content (AvgIpc) is 2.44. The van der Waals surface area contributed by atoms with Gasteiger partial charge in [0, 0.05) is 18.3 Å². The van der Waals surface area contributed by atoms with Crippen molar-refractivity contribution in [1.82, 2.24) is 5.32 Å². The molecule has 1 aliphatic heterocycles. The molecule has 2 atom stereocenters. The van der Waals surface area contributed by atoms with E-state index in [-0.39, 0.29) is 17.9 Å². The van der Waals surface area contributed by atoms with Crippen LogP contribution in [-0.2, 0) is 4.79 Å². The molecule has 0 spiro atoms. The fourth-order valence-electron chi connectivity index (χ4n) is 2.74. The van der Waals surface area contributed by atoms with Crippen molar-refractivity contribution in [1.29, 1.82) is 0 Å². The number of para-hydroxylation sites is 1. The molecule has 0 aliphatic carbocycles. The summed E-state index contributed by atoms with van der Waals surface area (Å²) in [5, 5.41) is 6.54. The lowest BCUT2D eigenvalue weighted by Crippen LogP contribution is -2.38. The number of nitrogens with one attached hydrogen (secondary N) is 2. The highest BCUT2D eigenvalue weighted by atomic mass is 16.1. The van der Waals surface area contributed by atoms with Crippen LogP contribution in [0.5, 0.6) is 0 Å². The molecule has 3 nitrogen and oxygen atoms in total. The van der Waals surface area contributed by atoms with Crippen LogP contribution in [0.2, 0.25) is 0 Å². The van der Waals surface area contributed by atoms with Crippen molar-refractivity contribution in [2.75, 3.05) is 11.9 Å². The molecule has 20 heavy (non-hydrogen) atoms. The van der Waals surface area contributed by atoms with Crippen LogP contribution in [0.3, 0.4) is 0 Å². The molecule has 3 heteroatoms. The fraction of sp³-hybridized carbons (Fsp3) is 0.588. The molecule has 1 heterocycles. The van der Waals surface area contributed by atoms with Gasteiger partial charge in [-0.05, 0) is 43.7 Å². The molecule has 0 fully saturated rings. The molecule has 2 N–H and O–H groups in total. The topological polar surface area (TPSA) is 41.1 Å². The van der Waals surface area contributed by atoms with Crippen molar-refractivity contribution in [3.63, 3.8) is 0 Å². The molecule has 0 saturated heterocycles. The van der Waals surface area contributed by atoms with Crippen LogP contribution >= 0.6 is 0 Å². The van der Waals surface area contributed by atoms with Gasteiger partial charge >= 0.3 is 0 Å². The van der Waals surface area contributed by atoms with Crippen LogP contribution in [0.4, 0.5) is 5.69 Å². The first kappa shape index (κ1) is 14.9. The van der Waals surface area contributed by atoms with Crippen LogP contribution in [0.25, 0.3) is 0 Å². The Morgan fingerprint density at radius 1 is 1.30 bits per heavy atom. The summed E-state index contributed by atoms with van der Waals surface area (Å²) in [5.41, 5.74) is 2.24. The number of amides is 1. The Bertz CT molecular complexity index is 456. The summed E-state index contributed by atoms with van der Waals surface area (Å²) in [6, 6.07) is 8.39. The summed E-state index contributed by atoms with van der Waals surface area (Å²) >= 11 is 0. The third-order valence-electron chi connectivity index (χ3n) is 3.97. The van der Waals surface area contributed by atoms with Gasteiger partial charge in [-0.3, -0.25) is 4.79 Å². The van der Waals surface area contributed by atoms with E-state index in [4.69, 9.17) is 0 Å². The average molecular weight is 274 g/mol. The van der Waals surface area contributed by atoms with E-state index >= 15 is 0 Å². The lowest BCUT2D eigenvalue weighted by atomic mass is 9.90. The van der Waals surface area contributed by atoms with E-state index < -0.39 is 0 Å². The number of carbonyl (C=O) groups is 1. The van der Waals surface area contributed by atoms with Gasteiger partial charge in [-0.15, -0.1) is 0 Å². The fourth-order valence-corrected chi connectivity index (χ4v) is 2.74. The number of rotatable bonds is 5. The first-order valence-electron chi connectivity index (χ1n) is 7.71. The maximum Gasteiger partial charge on any atom is 0.227 e. The highest BCUT2D eigenvalue weighted by molar-refractivity contribution is 5.86. The Morgan fingerprint density at radius 3 is 2.80 bits per heavy atom. The first-order valence-corrected chi connectivity index (χ1v) is 7.71. The molecule has 1 aromatic rings. The summed E-state index contributed by atoms with van der Waals surface area (Å²) in [4.78, 5) is 12.5. The van der Waals surface area contributed by atoms with Gasteiger partial charge in [0.25, 0.3) is 0 Å². The van der Waals surface area contributed by atoms with Gasteiger partial charge in [-0.2, -0.15) is 0 Å². The van der Waals surface area contributed by atoms with Gasteiger partial charge in [0.1, 0.15) is 0 Å². The Labute approximate surface area is 122 Å². The predicted octanol–water partition coefficient (Wildman–Crippen LogP) is 3.53. The molecule has 0 bridgehead atoms. The minimum Gasteiger partial charge on any atom is -0.385 e. The van der Waals surface area contributed by atoms with E-state index in [1.54, 1.807) is 0 Å². The Balaban J connectivity index is 1.97. The summed E-state index contributed by atoms with van der Waals surface area (Å²) in [5.74, 6) is 0.859. The molecule has 2 unspecified atom stereocenters. The van der Waals surface area contributed by atoms with E-state index in [9.17, 15) is 4.79 Å².